The molecule has 1 fully saturated rings. The van der Waals surface area contributed by atoms with Crippen LogP contribution in [0, 0.1) is 18.7 Å². The minimum atomic E-state index is -0.272. The SMILES string of the molecule is Cc1nc2c([nH]1)CC(C(=O)N1CC(C)(c3ccccc3F)C1)CC2. The molecule has 4 nitrogen and oxygen atoms in total. The number of carbonyl (C=O) groups is 1. The van der Waals surface area contributed by atoms with Crippen LogP contribution in [0.2, 0.25) is 0 Å². The van der Waals surface area contributed by atoms with Crippen LogP contribution in [-0.4, -0.2) is 33.9 Å². The Hall–Kier alpha value is -2.17. The van der Waals surface area contributed by atoms with Crippen LogP contribution in [0.3, 0.4) is 0 Å². The number of nitrogens with zero attached hydrogens (tertiary/aromatic N) is 2. The standard InChI is InChI=1S/C19H22FN3O/c1-12-21-16-8-7-13(9-17(16)22-12)18(24)23-10-19(2,11-23)14-5-3-4-6-15(14)20/h3-6,13H,7-11H2,1-2H3,(H,21,22). The lowest BCUT2D eigenvalue weighted by atomic mass is 9.74. The number of hydrogen-bond donors (Lipinski definition) is 1. The van der Waals surface area contributed by atoms with Gasteiger partial charge in [0.25, 0.3) is 0 Å². The van der Waals surface area contributed by atoms with Gasteiger partial charge in [-0.1, -0.05) is 25.1 Å². The van der Waals surface area contributed by atoms with Gasteiger partial charge in [-0.15, -0.1) is 0 Å². The summed E-state index contributed by atoms with van der Waals surface area (Å²) in [7, 11) is 0. The van der Waals surface area contributed by atoms with Gasteiger partial charge in [-0.2, -0.15) is 0 Å². The van der Waals surface area contributed by atoms with Gasteiger partial charge in [0.2, 0.25) is 5.91 Å². The summed E-state index contributed by atoms with van der Waals surface area (Å²) in [5.41, 5.74) is 2.65. The van der Waals surface area contributed by atoms with Crippen LogP contribution < -0.4 is 0 Å². The smallest absolute Gasteiger partial charge is 0.226 e. The van der Waals surface area contributed by atoms with Crippen molar-refractivity contribution in [1.29, 1.82) is 0 Å². The number of H-pyrrole nitrogens is 1. The highest BCUT2D eigenvalue weighted by Crippen LogP contribution is 2.37. The maximum atomic E-state index is 14.0. The van der Waals surface area contributed by atoms with E-state index < -0.39 is 0 Å². The first kappa shape index (κ1) is 15.4. The van der Waals surface area contributed by atoms with E-state index in [2.05, 4.69) is 9.97 Å². The van der Waals surface area contributed by atoms with Crippen molar-refractivity contribution in [1.82, 2.24) is 14.9 Å². The fraction of sp³-hybridized carbons (Fsp3) is 0.474. The van der Waals surface area contributed by atoms with Crippen molar-refractivity contribution in [2.75, 3.05) is 13.1 Å². The van der Waals surface area contributed by atoms with Crippen molar-refractivity contribution in [3.8, 4) is 0 Å². The first-order valence-corrected chi connectivity index (χ1v) is 8.54. The van der Waals surface area contributed by atoms with Crippen molar-refractivity contribution < 1.29 is 9.18 Å². The molecule has 0 bridgehead atoms. The Morgan fingerprint density at radius 2 is 2.12 bits per heavy atom. The number of benzene rings is 1. The number of rotatable bonds is 2. The predicted molar refractivity (Wildman–Crippen MR) is 89.2 cm³/mol. The number of amides is 1. The Bertz CT molecular complexity index is 792. The number of fused-ring (bicyclic) bond motifs is 1. The summed E-state index contributed by atoms with van der Waals surface area (Å²) >= 11 is 0. The van der Waals surface area contributed by atoms with Gasteiger partial charge in [0.05, 0.1) is 5.69 Å². The molecular weight excluding hydrogens is 305 g/mol. The fourth-order valence-electron chi connectivity index (χ4n) is 4.17. The van der Waals surface area contributed by atoms with Crippen LogP contribution in [0.1, 0.15) is 36.1 Å². The molecule has 2 aromatic rings. The summed E-state index contributed by atoms with van der Waals surface area (Å²) in [5.74, 6) is 0.954. The molecule has 1 N–H and O–H groups in total. The fourth-order valence-corrected chi connectivity index (χ4v) is 4.17. The van der Waals surface area contributed by atoms with Crippen molar-refractivity contribution in [2.24, 2.45) is 5.92 Å². The number of nitrogens with one attached hydrogen (secondary N) is 1. The average molecular weight is 327 g/mol. The second-order valence-corrected chi connectivity index (χ2v) is 7.42. The van der Waals surface area contributed by atoms with Gasteiger partial charge in [-0.25, -0.2) is 9.37 Å². The van der Waals surface area contributed by atoms with Gasteiger partial charge in [-0.3, -0.25) is 4.79 Å². The Morgan fingerprint density at radius 3 is 2.88 bits per heavy atom. The Balaban J connectivity index is 1.44. The number of imidazole rings is 1. The average Bonchev–Trinajstić information content (AvgIpc) is 2.90. The number of aryl methyl sites for hydroxylation is 2. The van der Waals surface area contributed by atoms with E-state index >= 15 is 0 Å². The monoisotopic (exact) mass is 327 g/mol. The van der Waals surface area contributed by atoms with E-state index in [1.54, 1.807) is 6.07 Å². The van der Waals surface area contributed by atoms with Gasteiger partial charge >= 0.3 is 0 Å². The summed E-state index contributed by atoms with van der Waals surface area (Å²) < 4.78 is 14.0. The van der Waals surface area contributed by atoms with Crippen LogP contribution in [-0.2, 0) is 23.1 Å². The molecule has 1 saturated heterocycles. The topological polar surface area (TPSA) is 49.0 Å². The second-order valence-electron chi connectivity index (χ2n) is 7.42. The number of likely N-dealkylation sites (tertiary alicyclic amines) is 1. The zero-order valence-corrected chi connectivity index (χ0v) is 14.1. The molecule has 0 saturated carbocycles. The quantitative estimate of drug-likeness (QED) is 0.922. The molecule has 4 rings (SSSR count). The Labute approximate surface area is 141 Å². The lowest BCUT2D eigenvalue weighted by Gasteiger charge is -2.49. The third kappa shape index (κ3) is 2.43. The molecule has 1 aliphatic heterocycles. The Morgan fingerprint density at radius 1 is 1.38 bits per heavy atom. The molecule has 5 heteroatoms. The summed E-state index contributed by atoms with van der Waals surface area (Å²) in [6.45, 7) is 5.17. The van der Waals surface area contributed by atoms with E-state index in [4.69, 9.17) is 0 Å². The molecule has 2 heterocycles. The lowest BCUT2D eigenvalue weighted by molar-refractivity contribution is -0.143. The molecule has 2 aliphatic rings. The minimum absolute atomic E-state index is 0.0162. The largest absolute Gasteiger partial charge is 0.346 e. The number of halogens is 1. The third-order valence-electron chi connectivity index (χ3n) is 5.43. The second kappa shape index (κ2) is 5.43. The first-order valence-electron chi connectivity index (χ1n) is 8.54. The van der Waals surface area contributed by atoms with Gasteiger partial charge in [0, 0.05) is 36.5 Å². The van der Waals surface area contributed by atoms with Crippen LogP contribution in [0.5, 0.6) is 0 Å². The lowest BCUT2D eigenvalue weighted by Crippen LogP contribution is -2.61. The highest BCUT2D eigenvalue weighted by Gasteiger charge is 2.45. The number of carbonyl (C=O) groups excluding carboxylic acids is 1. The van der Waals surface area contributed by atoms with Crippen LogP contribution in [0.4, 0.5) is 4.39 Å². The van der Waals surface area contributed by atoms with Crippen molar-refractivity contribution in [3.05, 3.63) is 52.9 Å². The maximum absolute atomic E-state index is 14.0. The number of hydrogen-bond acceptors (Lipinski definition) is 2. The summed E-state index contributed by atoms with van der Waals surface area (Å²) in [5, 5.41) is 0. The van der Waals surface area contributed by atoms with Crippen LogP contribution >= 0.6 is 0 Å². The molecule has 1 aliphatic carbocycles. The molecule has 0 spiro atoms. The molecule has 24 heavy (non-hydrogen) atoms. The molecule has 1 aromatic heterocycles. The van der Waals surface area contributed by atoms with E-state index in [1.165, 1.54) is 6.07 Å². The predicted octanol–water partition coefficient (Wildman–Crippen LogP) is 2.76. The highest BCUT2D eigenvalue weighted by atomic mass is 19.1. The molecule has 1 unspecified atom stereocenters. The molecule has 1 amide bonds. The van der Waals surface area contributed by atoms with E-state index in [9.17, 15) is 9.18 Å². The molecular formula is C19H22FN3O. The van der Waals surface area contributed by atoms with E-state index in [0.717, 1.165) is 36.5 Å². The first-order chi connectivity index (χ1) is 11.5. The highest BCUT2D eigenvalue weighted by molar-refractivity contribution is 5.80. The number of aromatic amines is 1. The van der Waals surface area contributed by atoms with E-state index in [1.807, 2.05) is 30.9 Å². The Kier molecular flexibility index (Phi) is 3.48. The summed E-state index contributed by atoms with van der Waals surface area (Å²) in [6.07, 6.45) is 2.44. The van der Waals surface area contributed by atoms with Crippen LogP contribution in [0.25, 0.3) is 0 Å². The van der Waals surface area contributed by atoms with Crippen LogP contribution in [0.15, 0.2) is 24.3 Å². The molecule has 1 aromatic carbocycles. The van der Waals surface area contributed by atoms with Gasteiger partial charge in [0.15, 0.2) is 0 Å². The van der Waals surface area contributed by atoms with E-state index in [0.29, 0.717) is 18.7 Å². The molecule has 1 atom stereocenters. The third-order valence-corrected chi connectivity index (χ3v) is 5.43. The minimum Gasteiger partial charge on any atom is -0.346 e. The maximum Gasteiger partial charge on any atom is 0.226 e. The van der Waals surface area contributed by atoms with E-state index in [-0.39, 0.29) is 23.1 Å². The van der Waals surface area contributed by atoms with Gasteiger partial charge in [0.1, 0.15) is 11.6 Å². The van der Waals surface area contributed by atoms with Crippen molar-refractivity contribution >= 4 is 5.91 Å². The zero-order chi connectivity index (χ0) is 16.9. The summed E-state index contributed by atoms with van der Waals surface area (Å²) in [6, 6.07) is 6.89. The van der Waals surface area contributed by atoms with Crippen molar-refractivity contribution in [3.63, 3.8) is 0 Å². The van der Waals surface area contributed by atoms with Gasteiger partial charge < -0.3 is 9.88 Å². The molecule has 126 valence electrons. The normalized spacial score (nSPS) is 22.0. The zero-order valence-electron chi connectivity index (χ0n) is 14.1. The molecule has 0 radical (unpaired) electrons. The van der Waals surface area contributed by atoms with Crippen molar-refractivity contribution in [2.45, 2.75) is 38.5 Å². The summed E-state index contributed by atoms with van der Waals surface area (Å²) in [4.78, 5) is 22.4. The number of aromatic nitrogens is 2. The van der Waals surface area contributed by atoms with Gasteiger partial charge in [-0.05, 0) is 31.4 Å².